The zero-order valence-electron chi connectivity index (χ0n) is 11.7. The fraction of sp³-hybridized carbons (Fsp3) is 0.176. The SMILES string of the molecule is CCCN1C(=O)C(=Cc2cccc3ccccc23)SC1=S. The van der Waals surface area contributed by atoms with Gasteiger partial charge in [-0.25, -0.2) is 0 Å². The number of carbonyl (C=O) groups excluding carboxylic acids is 1. The molecule has 0 N–H and O–H groups in total. The number of fused-ring (bicyclic) bond motifs is 1. The Morgan fingerprint density at radius 1 is 1.19 bits per heavy atom. The van der Waals surface area contributed by atoms with E-state index in [0.29, 0.717) is 15.8 Å². The Bertz CT molecular complexity index is 746. The number of amides is 1. The number of rotatable bonds is 3. The van der Waals surface area contributed by atoms with Crippen molar-refractivity contribution in [3.63, 3.8) is 0 Å². The van der Waals surface area contributed by atoms with Gasteiger partial charge < -0.3 is 0 Å². The van der Waals surface area contributed by atoms with E-state index in [1.54, 1.807) is 4.90 Å². The van der Waals surface area contributed by atoms with Crippen LogP contribution in [-0.2, 0) is 4.79 Å². The van der Waals surface area contributed by atoms with E-state index in [1.165, 1.54) is 17.1 Å². The predicted molar refractivity (Wildman–Crippen MR) is 94.1 cm³/mol. The molecule has 0 radical (unpaired) electrons. The molecule has 1 fully saturated rings. The monoisotopic (exact) mass is 313 g/mol. The van der Waals surface area contributed by atoms with Gasteiger partial charge in [-0.1, -0.05) is 73.4 Å². The lowest BCUT2D eigenvalue weighted by Crippen LogP contribution is -2.28. The van der Waals surface area contributed by atoms with Crippen LogP contribution in [0.1, 0.15) is 18.9 Å². The molecule has 0 aliphatic carbocycles. The van der Waals surface area contributed by atoms with Gasteiger partial charge in [0.2, 0.25) is 0 Å². The second-order valence-corrected chi connectivity index (χ2v) is 6.58. The summed E-state index contributed by atoms with van der Waals surface area (Å²) in [6.07, 6.45) is 2.87. The van der Waals surface area contributed by atoms with Crippen LogP contribution in [0.2, 0.25) is 0 Å². The first-order chi connectivity index (χ1) is 10.2. The molecule has 1 aliphatic rings. The van der Waals surface area contributed by atoms with Gasteiger partial charge in [-0.2, -0.15) is 0 Å². The Labute approximate surface area is 133 Å². The molecule has 0 aromatic heterocycles. The molecule has 1 saturated heterocycles. The smallest absolute Gasteiger partial charge is 0.266 e. The number of thioether (sulfide) groups is 1. The number of carbonyl (C=O) groups is 1. The lowest BCUT2D eigenvalue weighted by Gasteiger charge is -2.12. The Kier molecular flexibility index (Phi) is 4.08. The van der Waals surface area contributed by atoms with Crippen molar-refractivity contribution in [1.29, 1.82) is 0 Å². The van der Waals surface area contributed by atoms with E-state index in [0.717, 1.165) is 17.4 Å². The molecule has 106 valence electrons. The van der Waals surface area contributed by atoms with Gasteiger partial charge in [-0.3, -0.25) is 9.69 Å². The molecule has 0 atom stereocenters. The van der Waals surface area contributed by atoms with E-state index < -0.39 is 0 Å². The minimum atomic E-state index is 0.0276. The van der Waals surface area contributed by atoms with Gasteiger partial charge in [0.15, 0.2) is 0 Å². The molecule has 1 amide bonds. The maximum absolute atomic E-state index is 12.4. The van der Waals surface area contributed by atoms with Crippen LogP contribution in [0.15, 0.2) is 47.4 Å². The van der Waals surface area contributed by atoms with Crippen LogP contribution < -0.4 is 0 Å². The quantitative estimate of drug-likeness (QED) is 0.617. The van der Waals surface area contributed by atoms with E-state index in [1.807, 2.05) is 37.3 Å². The summed E-state index contributed by atoms with van der Waals surface area (Å²) in [4.78, 5) is 14.8. The highest BCUT2D eigenvalue weighted by molar-refractivity contribution is 8.26. The molecule has 1 aliphatic heterocycles. The molecular formula is C17H15NOS2. The topological polar surface area (TPSA) is 20.3 Å². The summed E-state index contributed by atoms with van der Waals surface area (Å²) >= 11 is 6.69. The minimum absolute atomic E-state index is 0.0276. The van der Waals surface area contributed by atoms with Crippen LogP contribution in [0.4, 0.5) is 0 Å². The Hall–Kier alpha value is -1.65. The Morgan fingerprint density at radius 2 is 1.95 bits per heavy atom. The molecule has 0 bridgehead atoms. The number of benzene rings is 2. The van der Waals surface area contributed by atoms with Crippen LogP contribution in [-0.4, -0.2) is 21.7 Å². The highest BCUT2D eigenvalue weighted by Gasteiger charge is 2.31. The van der Waals surface area contributed by atoms with E-state index >= 15 is 0 Å². The lowest BCUT2D eigenvalue weighted by atomic mass is 10.0. The largest absolute Gasteiger partial charge is 0.293 e. The molecule has 0 unspecified atom stereocenters. The second-order valence-electron chi connectivity index (χ2n) is 4.90. The zero-order valence-corrected chi connectivity index (χ0v) is 13.3. The lowest BCUT2D eigenvalue weighted by molar-refractivity contribution is -0.122. The van der Waals surface area contributed by atoms with Crippen LogP contribution in [0, 0.1) is 0 Å². The third-order valence-electron chi connectivity index (χ3n) is 3.43. The molecule has 21 heavy (non-hydrogen) atoms. The van der Waals surface area contributed by atoms with Gasteiger partial charge in [0.1, 0.15) is 4.32 Å². The zero-order chi connectivity index (χ0) is 14.8. The maximum Gasteiger partial charge on any atom is 0.266 e. The highest BCUT2D eigenvalue weighted by Crippen LogP contribution is 2.33. The predicted octanol–water partition coefficient (Wildman–Crippen LogP) is 4.45. The summed E-state index contributed by atoms with van der Waals surface area (Å²) < 4.78 is 0.660. The third kappa shape index (κ3) is 2.74. The molecule has 0 saturated carbocycles. The minimum Gasteiger partial charge on any atom is -0.293 e. The summed E-state index contributed by atoms with van der Waals surface area (Å²) in [6.45, 7) is 2.74. The van der Waals surface area contributed by atoms with Gasteiger partial charge in [-0.15, -0.1) is 0 Å². The normalized spacial score (nSPS) is 17.2. The van der Waals surface area contributed by atoms with Crippen molar-refractivity contribution in [2.75, 3.05) is 6.54 Å². The Morgan fingerprint density at radius 3 is 2.76 bits per heavy atom. The van der Waals surface area contributed by atoms with Crippen LogP contribution in [0.3, 0.4) is 0 Å². The first kappa shape index (κ1) is 14.3. The van der Waals surface area contributed by atoms with E-state index in [9.17, 15) is 4.79 Å². The number of hydrogen-bond donors (Lipinski definition) is 0. The average Bonchev–Trinajstić information content (AvgIpc) is 2.76. The van der Waals surface area contributed by atoms with Crippen molar-refractivity contribution in [3.05, 3.63) is 52.9 Å². The van der Waals surface area contributed by atoms with Gasteiger partial charge >= 0.3 is 0 Å². The van der Waals surface area contributed by atoms with Gasteiger partial charge in [0.25, 0.3) is 5.91 Å². The maximum atomic E-state index is 12.4. The molecular weight excluding hydrogens is 298 g/mol. The van der Waals surface area contributed by atoms with Crippen molar-refractivity contribution >= 4 is 51.1 Å². The fourth-order valence-electron chi connectivity index (χ4n) is 2.43. The average molecular weight is 313 g/mol. The van der Waals surface area contributed by atoms with E-state index in [4.69, 9.17) is 12.2 Å². The molecule has 2 aromatic carbocycles. The molecule has 2 aromatic rings. The standard InChI is InChI=1S/C17H15NOS2/c1-2-10-18-16(19)15(21-17(18)20)11-13-8-5-7-12-6-3-4-9-14(12)13/h3-9,11H,2,10H2,1H3. The first-order valence-corrected chi connectivity index (χ1v) is 8.16. The third-order valence-corrected chi connectivity index (χ3v) is 4.81. The summed E-state index contributed by atoms with van der Waals surface area (Å²) in [5.41, 5.74) is 1.06. The van der Waals surface area contributed by atoms with Crippen molar-refractivity contribution in [3.8, 4) is 0 Å². The molecule has 1 heterocycles. The van der Waals surface area contributed by atoms with Gasteiger partial charge in [-0.05, 0) is 28.8 Å². The molecule has 2 nitrogen and oxygen atoms in total. The molecule has 4 heteroatoms. The fourth-order valence-corrected chi connectivity index (χ4v) is 3.73. The number of thiocarbonyl (C=S) groups is 1. The van der Waals surface area contributed by atoms with E-state index in [-0.39, 0.29) is 5.91 Å². The van der Waals surface area contributed by atoms with Gasteiger partial charge in [0.05, 0.1) is 4.91 Å². The molecule has 0 spiro atoms. The van der Waals surface area contributed by atoms with Crippen LogP contribution in [0.25, 0.3) is 16.8 Å². The highest BCUT2D eigenvalue weighted by atomic mass is 32.2. The molecule has 3 rings (SSSR count). The first-order valence-electron chi connectivity index (χ1n) is 6.94. The van der Waals surface area contributed by atoms with Crippen LogP contribution >= 0.6 is 24.0 Å². The van der Waals surface area contributed by atoms with Crippen molar-refractivity contribution in [2.45, 2.75) is 13.3 Å². The van der Waals surface area contributed by atoms with Crippen molar-refractivity contribution in [1.82, 2.24) is 4.90 Å². The summed E-state index contributed by atoms with van der Waals surface area (Å²) in [5, 5.41) is 2.33. The van der Waals surface area contributed by atoms with Crippen molar-refractivity contribution in [2.24, 2.45) is 0 Å². The van der Waals surface area contributed by atoms with Gasteiger partial charge in [0, 0.05) is 6.54 Å². The Balaban J connectivity index is 2.01. The van der Waals surface area contributed by atoms with Crippen LogP contribution in [0.5, 0.6) is 0 Å². The second kappa shape index (κ2) is 6.00. The summed E-state index contributed by atoms with van der Waals surface area (Å²) in [7, 11) is 0. The number of hydrogen-bond acceptors (Lipinski definition) is 3. The summed E-state index contributed by atoms with van der Waals surface area (Å²) in [6, 6.07) is 14.3. The number of nitrogens with zero attached hydrogens (tertiary/aromatic N) is 1. The van der Waals surface area contributed by atoms with E-state index in [2.05, 4.69) is 18.2 Å². The van der Waals surface area contributed by atoms with Crippen molar-refractivity contribution < 1.29 is 4.79 Å². The summed E-state index contributed by atoms with van der Waals surface area (Å²) in [5.74, 6) is 0.0276.